The summed E-state index contributed by atoms with van der Waals surface area (Å²) >= 11 is 0. The van der Waals surface area contributed by atoms with Crippen molar-refractivity contribution in [3.05, 3.63) is 35.4 Å². The third-order valence-electron chi connectivity index (χ3n) is 4.12. The maximum atomic E-state index is 10.4. The molecule has 1 aliphatic rings. The molecule has 1 saturated heterocycles. The lowest BCUT2D eigenvalue weighted by atomic mass is 10.0. The van der Waals surface area contributed by atoms with Gasteiger partial charge in [0.15, 0.2) is 0 Å². The monoisotopic (exact) mass is 262 g/mol. The standard InChI is InChI=1S/C16H26N2O/c1-13(2)18-10-8-17(9-11-18)12-16(19)15-7-5-4-6-14(15)3/h4-7,13,16,19H,8-12H2,1-3H3. The van der Waals surface area contributed by atoms with Crippen LogP contribution in [0.25, 0.3) is 0 Å². The Hall–Kier alpha value is -0.900. The summed E-state index contributed by atoms with van der Waals surface area (Å²) in [6.07, 6.45) is -0.369. The Kier molecular flexibility index (Phi) is 4.97. The number of nitrogens with zero attached hydrogens (tertiary/aromatic N) is 2. The second-order valence-electron chi connectivity index (χ2n) is 5.80. The number of β-amino-alcohol motifs (C(OH)–C–C–N with tert-alkyl or cyclic N) is 1. The van der Waals surface area contributed by atoms with E-state index < -0.39 is 0 Å². The van der Waals surface area contributed by atoms with Crippen molar-refractivity contribution in [3.8, 4) is 0 Å². The largest absolute Gasteiger partial charge is 0.387 e. The summed E-state index contributed by atoms with van der Waals surface area (Å²) in [6, 6.07) is 8.75. The molecule has 106 valence electrons. The Morgan fingerprint density at radius 2 is 1.74 bits per heavy atom. The minimum Gasteiger partial charge on any atom is -0.387 e. The molecule has 1 aromatic carbocycles. The van der Waals surface area contributed by atoms with Gasteiger partial charge in [0.2, 0.25) is 0 Å². The van der Waals surface area contributed by atoms with Gasteiger partial charge in [-0.25, -0.2) is 0 Å². The molecule has 0 saturated carbocycles. The average molecular weight is 262 g/mol. The van der Waals surface area contributed by atoms with Crippen LogP contribution in [0.4, 0.5) is 0 Å². The van der Waals surface area contributed by atoms with Gasteiger partial charge in [0.05, 0.1) is 6.10 Å². The fourth-order valence-corrected chi connectivity index (χ4v) is 2.77. The summed E-state index contributed by atoms with van der Waals surface area (Å²) in [6.45, 7) is 11.6. The summed E-state index contributed by atoms with van der Waals surface area (Å²) < 4.78 is 0. The van der Waals surface area contributed by atoms with Gasteiger partial charge in [-0.05, 0) is 31.9 Å². The van der Waals surface area contributed by atoms with Gasteiger partial charge in [-0.1, -0.05) is 24.3 Å². The molecule has 3 nitrogen and oxygen atoms in total. The Morgan fingerprint density at radius 3 is 2.32 bits per heavy atom. The van der Waals surface area contributed by atoms with E-state index in [1.165, 1.54) is 5.56 Å². The number of benzene rings is 1. The summed E-state index contributed by atoms with van der Waals surface area (Å²) in [5.41, 5.74) is 2.24. The summed E-state index contributed by atoms with van der Waals surface area (Å²) in [5, 5.41) is 10.4. The van der Waals surface area contributed by atoms with Crippen molar-refractivity contribution in [1.82, 2.24) is 9.80 Å². The first kappa shape index (κ1) is 14.5. The van der Waals surface area contributed by atoms with E-state index in [2.05, 4.69) is 36.6 Å². The van der Waals surface area contributed by atoms with Crippen molar-refractivity contribution in [2.75, 3.05) is 32.7 Å². The van der Waals surface area contributed by atoms with Crippen LogP contribution in [0.5, 0.6) is 0 Å². The van der Waals surface area contributed by atoms with Gasteiger partial charge in [-0.15, -0.1) is 0 Å². The molecule has 0 bridgehead atoms. The van der Waals surface area contributed by atoms with Crippen LogP contribution in [0.15, 0.2) is 24.3 Å². The summed E-state index contributed by atoms with van der Waals surface area (Å²) in [4.78, 5) is 4.87. The molecular weight excluding hydrogens is 236 g/mol. The SMILES string of the molecule is Cc1ccccc1C(O)CN1CCN(C(C)C)CC1. The number of aliphatic hydroxyl groups excluding tert-OH is 1. The lowest BCUT2D eigenvalue weighted by Gasteiger charge is -2.37. The smallest absolute Gasteiger partial charge is 0.0919 e. The summed E-state index contributed by atoms with van der Waals surface area (Å²) in [5.74, 6) is 0. The first-order valence-corrected chi connectivity index (χ1v) is 7.28. The molecule has 2 rings (SSSR count). The molecule has 1 fully saturated rings. The highest BCUT2D eigenvalue weighted by Crippen LogP contribution is 2.19. The molecule has 0 spiro atoms. The van der Waals surface area contributed by atoms with Crippen LogP contribution in [-0.4, -0.2) is 53.7 Å². The molecule has 1 aliphatic heterocycles. The fourth-order valence-electron chi connectivity index (χ4n) is 2.77. The molecule has 0 aromatic heterocycles. The van der Waals surface area contributed by atoms with Crippen LogP contribution in [0.1, 0.15) is 31.1 Å². The minimum atomic E-state index is -0.369. The zero-order valence-electron chi connectivity index (χ0n) is 12.3. The van der Waals surface area contributed by atoms with Gasteiger partial charge in [0, 0.05) is 38.8 Å². The van der Waals surface area contributed by atoms with Crippen molar-refractivity contribution < 1.29 is 5.11 Å². The highest BCUT2D eigenvalue weighted by Gasteiger charge is 2.21. The molecule has 0 aliphatic carbocycles. The van der Waals surface area contributed by atoms with E-state index in [-0.39, 0.29) is 6.10 Å². The highest BCUT2D eigenvalue weighted by molar-refractivity contribution is 5.27. The quantitative estimate of drug-likeness (QED) is 0.899. The molecular formula is C16H26N2O. The predicted molar refractivity (Wildman–Crippen MR) is 79.3 cm³/mol. The Morgan fingerprint density at radius 1 is 1.11 bits per heavy atom. The zero-order valence-corrected chi connectivity index (χ0v) is 12.3. The molecule has 3 heteroatoms. The number of aliphatic hydroxyl groups is 1. The maximum Gasteiger partial charge on any atom is 0.0919 e. The van der Waals surface area contributed by atoms with Gasteiger partial charge >= 0.3 is 0 Å². The first-order valence-electron chi connectivity index (χ1n) is 7.28. The lowest BCUT2D eigenvalue weighted by molar-refractivity contribution is 0.0619. The van der Waals surface area contributed by atoms with E-state index in [4.69, 9.17) is 0 Å². The maximum absolute atomic E-state index is 10.4. The van der Waals surface area contributed by atoms with Gasteiger partial charge in [-0.2, -0.15) is 0 Å². The molecule has 0 amide bonds. The van der Waals surface area contributed by atoms with Crippen LogP contribution in [0.3, 0.4) is 0 Å². The van der Waals surface area contributed by atoms with E-state index in [0.29, 0.717) is 6.04 Å². The van der Waals surface area contributed by atoms with Gasteiger partial charge in [0.25, 0.3) is 0 Å². The zero-order chi connectivity index (χ0) is 13.8. The van der Waals surface area contributed by atoms with Crippen LogP contribution < -0.4 is 0 Å². The van der Waals surface area contributed by atoms with Crippen LogP contribution >= 0.6 is 0 Å². The van der Waals surface area contributed by atoms with Crippen molar-refractivity contribution >= 4 is 0 Å². The second-order valence-corrected chi connectivity index (χ2v) is 5.80. The Balaban J connectivity index is 1.87. The molecule has 0 radical (unpaired) electrons. The third kappa shape index (κ3) is 3.78. The van der Waals surface area contributed by atoms with Crippen molar-refractivity contribution in [2.24, 2.45) is 0 Å². The van der Waals surface area contributed by atoms with Crippen LogP contribution in [0, 0.1) is 6.92 Å². The van der Waals surface area contributed by atoms with Gasteiger partial charge in [-0.3, -0.25) is 9.80 Å². The summed E-state index contributed by atoms with van der Waals surface area (Å²) in [7, 11) is 0. The first-order chi connectivity index (χ1) is 9.08. The molecule has 1 N–H and O–H groups in total. The number of aryl methyl sites for hydroxylation is 1. The average Bonchev–Trinajstić information content (AvgIpc) is 2.39. The van der Waals surface area contributed by atoms with E-state index in [1.807, 2.05) is 18.2 Å². The molecule has 1 unspecified atom stereocenters. The number of piperazine rings is 1. The third-order valence-corrected chi connectivity index (χ3v) is 4.12. The Labute approximate surface area is 116 Å². The van der Waals surface area contributed by atoms with E-state index >= 15 is 0 Å². The topological polar surface area (TPSA) is 26.7 Å². The van der Waals surface area contributed by atoms with E-state index in [0.717, 1.165) is 38.3 Å². The second kappa shape index (κ2) is 6.51. The predicted octanol–water partition coefficient (Wildman–Crippen LogP) is 2.05. The normalized spacial score (nSPS) is 19.8. The fraction of sp³-hybridized carbons (Fsp3) is 0.625. The highest BCUT2D eigenvalue weighted by atomic mass is 16.3. The van der Waals surface area contributed by atoms with Gasteiger partial charge < -0.3 is 5.11 Å². The van der Waals surface area contributed by atoms with E-state index in [9.17, 15) is 5.11 Å². The molecule has 1 aromatic rings. The molecule has 1 atom stereocenters. The van der Waals surface area contributed by atoms with Crippen molar-refractivity contribution in [1.29, 1.82) is 0 Å². The number of hydrogen-bond acceptors (Lipinski definition) is 3. The molecule has 19 heavy (non-hydrogen) atoms. The number of hydrogen-bond donors (Lipinski definition) is 1. The van der Waals surface area contributed by atoms with Crippen molar-refractivity contribution in [3.63, 3.8) is 0 Å². The van der Waals surface area contributed by atoms with Crippen LogP contribution in [0.2, 0.25) is 0 Å². The Bertz CT molecular complexity index is 397. The minimum absolute atomic E-state index is 0.369. The molecule has 1 heterocycles. The number of rotatable bonds is 4. The van der Waals surface area contributed by atoms with Crippen molar-refractivity contribution in [2.45, 2.75) is 32.9 Å². The van der Waals surface area contributed by atoms with E-state index in [1.54, 1.807) is 0 Å². The van der Waals surface area contributed by atoms with Crippen LogP contribution in [-0.2, 0) is 0 Å². The van der Waals surface area contributed by atoms with Gasteiger partial charge in [0.1, 0.15) is 0 Å². The lowest BCUT2D eigenvalue weighted by Crippen LogP contribution is -2.49.